The summed E-state index contributed by atoms with van der Waals surface area (Å²) in [5.41, 5.74) is 7.10. The van der Waals surface area contributed by atoms with Crippen molar-refractivity contribution in [2.45, 2.75) is 19.9 Å². The number of nitrogens with two attached hydrogens (primary N) is 1. The highest BCUT2D eigenvalue weighted by Crippen LogP contribution is 2.16. The predicted molar refractivity (Wildman–Crippen MR) is 50.7 cm³/mol. The summed E-state index contributed by atoms with van der Waals surface area (Å²) in [7, 11) is 0. The number of nitriles is 1. The summed E-state index contributed by atoms with van der Waals surface area (Å²) in [5.74, 6) is 0.335. The first-order valence-electron chi connectivity index (χ1n) is 4.27. The van der Waals surface area contributed by atoms with Gasteiger partial charge in [-0.25, -0.2) is 4.98 Å². The average Bonchev–Trinajstić information content (AvgIpc) is 2.16. The first-order chi connectivity index (χ1) is 6.15. The van der Waals surface area contributed by atoms with Crippen LogP contribution in [-0.2, 0) is 0 Å². The van der Waals surface area contributed by atoms with Gasteiger partial charge in [-0.1, -0.05) is 19.9 Å². The molecule has 0 saturated heterocycles. The number of rotatable bonds is 2. The number of hydrogen-bond donors (Lipinski definition) is 1. The topological polar surface area (TPSA) is 62.7 Å². The highest BCUT2D eigenvalue weighted by molar-refractivity contribution is 5.23. The molecule has 0 aliphatic carbocycles. The number of nitrogens with zero attached hydrogens (tertiary/aromatic N) is 2. The summed E-state index contributed by atoms with van der Waals surface area (Å²) in [6.45, 7) is 4.07. The lowest BCUT2D eigenvalue weighted by atomic mass is 10.0. The molecule has 0 aliphatic heterocycles. The summed E-state index contributed by atoms with van der Waals surface area (Å²) < 4.78 is 0. The molecular formula is C10H13N3. The van der Waals surface area contributed by atoms with Crippen LogP contribution in [0.25, 0.3) is 0 Å². The summed E-state index contributed by atoms with van der Waals surface area (Å²) in [4.78, 5) is 4.13. The molecule has 1 rings (SSSR count). The third-order valence-corrected chi connectivity index (χ3v) is 1.94. The van der Waals surface area contributed by atoms with Gasteiger partial charge in [0, 0.05) is 6.04 Å². The van der Waals surface area contributed by atoms with Gasteiger partial charge >= 0.3 is 0 Å². The van der Waals surface area contributed by atoms with E-state index in [2.05, 4.69) is 4.98 Å². The van der Waals surface area contributed by atoms with E-state index in [-0.39, 0.29) is 6.04 Å². The van der Waals surface area contributed by atoms with Crippen LogP contribution in [0, 0.1) is 17.2 Å². The zero-order valence-corrected chi connectivity index (χ0v) is 7.86. The minimum absolute atomic E-state index is 0.0895. The molecule has 3 nitrogen and oxygen atoms in total. The van der Waals surface area contributed by atoms with Crippen LogP contribution >= 0.6 is 0 Å². The number of hydrogen-bond acceptors (Lipinski definition) is 3. The number of aromatic nitrogens is 1. The van der Waals surface area contributed by atoms with E-state index in [1.165, 1.54) is 0 Å². The molecule has 0 amide bonds. The summed E-state index contributed by atoms with van der Waals surface area (Å²) in [6, 6.07) is 7.24. The van der Waals surface area contributed by atoms with Crippen LogP contribution in [0.2, 0.25) is 0 Å². The Morgan fingerprint density at radius 2 is 2.15 bits per heavy atom. The normalized spacial score (nSPS) is 12.5. The van der Waals surface area contributed by atoms with Crippen molar-refractivity contribution in [2.75, 3.05) is 0 Å². The zero-order chi connectivity index (χ0) is 9.84. The molecular weight excluding hydrogens is 162 g/mol. The Kier molecular flexibility index (Phi) is 2.99. The molecule has 1 unspecified atom stereocenters. The molecule has 68 valence electrons. The van der Waals surface area contributed by atoms with Crippen molar-refractivity contribution >= 4 is 0 Å². The van der Waals surface area contributed by atoms with Crippen molar-refractivity contribution in [3.8, 4) is 6.07 Å². The fraction of sp³-hybridized carbons (Fsp3) is 0.400. The maximum absolute atomic E-state index is 8.63. The first-order valence-corrected chi connectivity index (χ1v) is 4.27. The van der Waals surface area contributed by atoms with Crippen molar-refractivity contribution in [3.63, 3.8) is 0 Å². The molecule has 0 fully saturated rings. The Labute approximate surface area is 78.2 Å². The highest BCUT2D eigenvalue weighted by Gasteiger charge is 2.11. The maximum atomic E-state index is 8.63. The molecule has 0 bridgehead atoms. The fourth-order valence-corrected chi connectivity index (χ4v) is 1.04. The van der Waals surface area contributed by atoms with Gasteiger partial charge in [-0.15, -0.1) is 0 Å². The highest BCUT2D eigenvalue weighted by atomic mass is 14.8. The fourth-order valence-electron chi connectivity index (χ4n) is 1.04. The van der Waals surface area contributed by atoms with Crippen LogP contribution in [0.5, 0.6) is 0 Å². The van der Waals surface area contributed by atoms with Gasteiger partial charge in [0.2, 0.25) is 0 Å². The molecule has 0 aromatic carbocycles. The lowest BCUT2D eigenvalue weighted by Gasteiger charge is -2.14. The predicted octanol–water partition coefficient (Wildman–Crippen LogP) is 1.61. The van der Waals surface area contributed by atoms with Crippen LogP contribution in [0.1, 0.15) is 31.3 Å². The van der Waals surface area contributed by atoms with Crippen molar-refractivity contribution in [2.24, 2.45) is 11.7 Å². The molecule has 1 atom stereocenters. The molecule has 0 saturated carbocycles. The number of pyridine rings is 1. The smallest absolute Gasteiger partial charge is 0.140 e. The summed E-state index contributed by atoms with van der Waals surface area (Å²) >= 11 is 0. The van der Waals surface area contributed by atoms with E-state index in [1.54, 1.807) is 6.07 Å². The van der Waals surface area contributed by atoms with E-state index >= 15 is 0 Å². The second-order valence-electron chi connectivity index (χ2n) is 3.33. The lowest BCUT2D eigenvalue weighted by molar-refractivity contribution is 0.503. The van der Waals surface area contributed by atoms with Crippen LogP contribution in [0.15, 0.2) is 18.2 Å². The van der Waals surface area contributed by atoms with Crippen LogP contribution < -0.4 is 5.73 Å². The Balaban J connectivity index is 2.96. The quantitative estimate of drug-likeness (QED) is 0.742. The molecule has 0 radical (unpaired) electrons. The van der Waals surface area contributed by atoms with E-state index in [0.29, 0.717) is 11.6 Å². The van der Waals surface area contributed by atoms with Crippen LogP contribution in [0.3, 0.4) is 0 Å². The van der Waals surface area contributed by atoms with Crippen molar-refractivity contribution in [3.05, 3.63) is 29.6 Å². The first kappa shape index (κ1) is 9.69. The van der Waals surface area contributed by atoms with E-state index < -0.39 is 0 Å². The van der Waals surface area contributed by atoms with Crippen molar-refractivity contribution in [1.82, 2.24) is 4.98 Å². The molecule has 0 spiro atoms. The van der Waals surface area contributed by atoms with Crippen molar-refractivity contribution < 1.29 is 0 Å². The third-order valence-electron chi connectivity index (χ3n) is 1.94. The maximum Gasteiger partial charge on any atom is 0.140 e. The van der Waals surface area contributed by atoms with Gasteiger partial charge in [-0.2, -0.15) is 5.26 Å². The van der Waals surface area contributed by atoms with Crippen LogP contribution in [0.4, 0.5) is 0 Å². The monoisotopic (exact) mass is 175 g/mol. The lowest BCUT2D eigenvalue weighted by Crippen LogP contribution is -2.18. The van der Waals surface area contributed by atoms with Gasteiger partial charge in [0.15, 0.2) is 0 Å². The Morgan fingerprint density at radius 3 is 2.69 bits per heavy atom. The van der Waals surface area contributed by atoms with Gasteiger partial charge in [-0.3, -0.25) is 0 Å². The van der Waals surface area contributed by atoms with Crippen molar-refractivity contribution in [1.29, 1.82) is 5.26 Å². The molecule has 1 heterocycles. The van der Waals surface area contributed by atoms with Gasteiger partial charge < -0.3 is 5.73 Å². The van der Waals surface area contributed by atoms with E-state index in [4.69, 9.17) is 11.0 Å². The Hall–Kier alpha value is -1.40. The largest absolute Gasteiger partial charge is 0.322 e. The SMILES string of the molecule is CC(C)C(N)c1cccc(C#N)n1. The second-order valence-corrected chi connectivity index (χ2v) is 3.33. The standard InChI is InChI=1S/C10H13N3/c1-7(2)10(12)9-5-3-4-8(6-11)13-9/h3-5,7,10H,12H2,1-2H3. The third kappa shape index (κ3) is 2.27. The average molecular weight is 175 g/mol. The summed E-state index contributed by atoms with van der Waals surface area (Å²) in [5, 5.41) is 8.63. The Morgan fingerprint density at radius 1 is 1.46 bits per heavy atom. The van der Waals surface area contributed by atoms with Gasteiger partial charge in [0.05, 0.1) is 5.69 Å². The zero-order valence-electron chi connectivity index (χ0n) is 7.86. The molecule has 0 aliphatic rings. The van der Waals surface area contributed by atoms with E-state index in [1.807, 2.05) is 32.0 Å². The Bertz CT molecular complexity index is 325. The van der Waals surface area contributed by atoms with E-state index in [0.717, 1.165) is 5.69 Å². The minimum Gasteiger partial charge on any atom is -0.322 e. The molecule has 13 heavy (non-hydrogen) atoms. The molecule has 1 aromatic rings. The molecule has 2 N–H and O–H groups in total. The minimum atomic E-state index is -0.0895. The molecule has 3 heteroatoms. The van der Waals surface area contributed by atoms with Gasteiger partial charge in [-0.05, 0) is 18.1 Å². The summed E-state index contributed by atoms with van der Waals surface area (Å²) in [6.07, 6.45) is 0. The van der Waals surface area contributed by atoms with Crippen LogP contribution in [-0.4, -0.2) is 4.98 Å². The van der Waals surface area contributed by atoms with Gasteiger partial charge in [0.1, 0.15) is 11.8 Å². The van der Waals surface area contributed by atoms with Gasteiger partial charge in [0.25, 0.3) is 0 Å². The second kappa shape index (κ2) is 4.01. The van der Waals surface area contributed by atoms with E-state index in [9.17, 15) is 0 Å². The molecule has 1 aromatic heterocycles.